The Labute approximate surface area is 116 Å². The van der Waals surface area contributed by atoms with Crippen LogP contribution in [0.3, 0.4) is 0 Å². The lowest BCUT2D eigenvalue weighted by atomic mass is 10.2. The summed E-state index contributed by atoms with van der Waals surface area (Å²) in [5.74, 6) is 0.745. The molecule has 0 bridgehead atoms. The first kappa shape index (κ1) is 12.5. The summed E-state index contributed by atoms with van der Waals surface area (Å²) >= 11 is 1.13. The maximum absolute atomic E-state index is 12.1. The molecule has 2 heterocycles. The van der Waals surface area contributed by atoms with Gasteiger partial charge in [-0.2, -0.15) is 14.6 Å². The predicted molar refractivity (Wildman–Crippen MR) is 75.2 cm³/mol. The number of rotatable bonds is 2. The van der Waals surface area contributed by atoms with Crippen LogP contribution in [-0.4, -0.2) is 21.7 Å². The van der Waals surface area contributed by atoms with Crippen molar-refractivity contribution in [2.75, 3.05) is 7.11 Å². The maximum atomic E-state index is 12.1. The molecule has 0 spiro atoms. The van der Waals surface area contributed by atoms with Crippen LogP contribution >= 0.6 is 11.3 Å². The highest BCUT2D eigenvalue weighted by atomic mass is 32.1. The van der Waals surface area contributed by atoms with E-state index >= 15 is 0 Å². The Bertz CT molecular complexity index is 928. The van der Waals surface area contributed by atoms with Gasteiger partial charge < -0.3 is 4.74 Å². The molecule has 6 nitrogen and oxygen atoms in total. The van der Waals surface area contributed by atoms with Crippen LogP contribution in [0.25, 0.3) is 11.0 Å². The lowest BCUT2D eigenvalue weighted by Gasteiger charge is -1.98. The van der Waals surface area contributed by atoms with E-state index in [-0.39, 0.29) is 5.56 Å². The molecule has 0 saturated heterocycles. The van der Waals surface area contributed by atoms with Crippen molar-refractivity contribution in [1.29, 1.82) is 0 Å². The SMILES string of the molecule is COc1ccc(C=c2sc3nc(=O)cnn3c2=O)cc1. The van der Waals surface area contributed by atoms with E-state index < -0.39 is 5.56 Å². The van der Waals surface area contributed by atoms with Gasteiger partial charge in [0.2, 0.25) is 4.96 Å². The standard InChI is InChI=1S/C13H9N3O3S/c1-19-9-4-2-8(3-5-9)6-10-12(18)16-13(20-10)15-11(17)7-14-16/h2-7H,1H3. The van der Waals surface area contributed by atoms with E-state index in [2.05, 4.69) is 10.1 Å². The summed E-state index contributed by atoms with van der Waals surface area (Å²) < 4.78 is 6.67. The van der Waals surface area contributed by atoms with Gasteiger partial charge in [-0.05, 0) is 23.8 Å². The Morgan fingerprint density at radius 3 is 2.70 bits per heavy atom. The van der Waals surface area contributed by atoms with Crippen LogP contribution in [0.4, 0.5) is 0 Å². The fourth-order valence-corrected chi connectivity index (χ4v) is 2.64. The van der Waals surface area contributed by atoms with Crippen LogP contribution < -0.4 is 20.4 Å². The summed E-state index contributed by atoms with van der Waals surface area (Å²) in [6.07, 6.45) is 2.76. The van der Waals surface area contributed by atoms with E-state index in [1.165, 1.54) is 0 Å². The molecule has 3 aromatic rings. The van der Waals surface area contributed by atoms with Crippen molar-refractivity contribution in [2.24, 2.45) is 0 Å². The van der Waals surface area contributed by atoms with Crippen molar-refractivity contribution in [3.63, 3.8) is 0 Å². The minimum Gasteiger partial charge on any atom is -0.497 e. The summed E-state index contributed by atoms with van der Waals surface area (Å²) in [4.78, 5) is 27.2. The molecule has 7 heteroatoms. The van der Waals surface area contributed by atoms with Crippen molar-refractivity contribution in [2.45, 2.75) is 0 Å². The van der Waals surface area contributed by atoms with Gasteiger partial charge in [0.1, 0.15) is 11.9 Å². The van der Waals surface area contributed by atoms with Crippen LogP contribution in [-0.2, 0) is 0 Å². The van der Waals surface area contributed by atoms with Crippen molar-refractivity contribution in [3.05, 3.63) is 61.3 Å². The molecule has 0 amide bonds. The van der Waals surface area contributed by atoms with Gasteiger partial charge in [-0.25, -0.2) is 0 Å². The summed E-state index contributed by atoms with van der Waals surface area (Å²) in [7, 11) is 1.59. The van der Waals surface area contributed by atoms with Crippen molar-refractivity contribution < 1.29 is 4.74 Å². The third kappa shape index (κ3) is 2.19. The normalized spacial score (nSPS) is 11.9. The van der Waals surface area contributed by atoms with E-state index in [0.717, 1.165) is 33.4 Å². The van der Waals surface area contributed by atoms with E-state index in [1.54, 1.807) is 13.2 Å². The fourth-order valence-electron chi connectivity index (χ4n) is 1.72. The number of methoxy groups -OCH3 is 1. The number of fused-ring (bicyclic) bond motifs is 1. The van der Waals surface area contributed by atoms with Crippen molar-refractivity contribution in [1.82, 2.24) is 14.6 Å². The molecule has 0 aliphatic carbocycles. The van der Waals surface area contributed by atoms with Crippen LogP contribution in [0, 0.1) is 0 Å². The van der Waals surface area contributed by atoms with Crippen molar-refractivity contribution in [3.8, 4) is 5.75 Å². The Hall–Kier alpha value is -2.54. The van der Waals surface area contributed by atoms with Crippen molar-refractivity contribution >= 4 is 22.4 Å². The minimum atomic E-state index is -0.456. The number of nitrogens with zero attached hydrogens (tertiary/aromatic N) is 3. The van der Waals surface area contributed by atoms with Gasteiger partial charge >= 0.3 is 0 Å². The third-order valence-corrected chi connectivity index (χ3v) is 3.65. The Morgan fingerprint density at radius 2 is 2.00 bits per heavy atom. The Balaban J connectivity index is 2.17. The monoisotopic (exact) mass is 287 g/mol. The zero-order valence-electron chi connectivity index (χ0n) is 10.4. The first-order valence-electron chi connectivity index (χ1n) is 5.72. The van der Waals surface area contributed by atoms with Crippen LogP contribution in [0.2, 0.25) is 0 Å². The molecule has 100 valence electrons. The topological polar surface area (TPSA) is 73.6 Å². The van der Waals surface area contributed by atoms with E-state index in [0.29, 0.717) is 9.49 Å². The number of hydrogen-bond acceptors (Lipinski definition) is 6. The summed E-state index contributed by atoms with van der Waals surface area (Å²) in [5.41, 5.74) is 0.118. The molecule has 0 aliphatic heterocycles. The molecule has 20 heavy (non-hydrogen) atoms. The van der Waals surface area contributed by atoms with Crippen LogP contribution in [0.1, 0.15) is 5.56 Å². The maximum Gasteiger partial charge on any atom is 0.292 e. The number of aromatic nitrogens is 3. The molecule has 0 N–H and O–H groups in total. The highest BCUT2D eigenvalue weighted by Gasteiger charge is 2.05. The van der Waals surface area contributed by atoms with Gasteiger partial charge in [-0.3, -0.25) is 9.59 Å². The highest BCUT2D eigenvalue weighted by molar-refractivity contribution is 7.15. The molecule has 0 unspecified atom stereocenters. The Kier molecular flexibility index (Phi) is 3.03. The largest absolute Gasteiger partial charge is 0.497 e. The average molecular weight is 287 g/mol. The predicted octanol–water partition coefficient (Wildman–Crippen LogP) is 0.0675. The number of ether oxygens (including phenoxy) is 1. The van der Waals surface area contributed by atoms with Gasteiger partial charge in [0, 0.05) is 0 Å². The Morgan fingerprint density at radius 1 is 1.25 bits per heavy atom. The molecule has 0 saturated carbocycles. The summed E-state index contributed by atoms with van der Waals surface area (Å²) in [6, 6.07) is 7.30. The summed E-state index contributed by atoms with van der Waals surface area (Å²) in [6.45, 7) is 0. The first-order chi connectivity index (χ1) is 9.67. The quantitative estimate of drug-likeness (QED) is 0.667. The fraction of sp³-hybridized carbons (Fsp3) is 0.0769. The van der Waals surface area contributed by atoms with E-state index in [1.807, 2.05) is 24.3 Å². The van der Waals surface area contributed by atoms with Gasteiger partial charge in [0.25, 0.3) is 11.1 Å². The molecule has 0 radical (unpaired) electrons. The molecule has 3 rings (SSSR count). The second-order valence-electron chi connectivity index (χ2n) is 3.98. The minimum absolute atomic E-state index is 0.284. The molecule has 0 aliphatic rings. The second-order valence-corrected chi connectivity index (χ2v) is 4.99. The smallest absolute Gasteiger partial charge is 0.292 e. The van der Waals surface area contributed by atoms with Gasteiger partial charge in [-0.1, -0.05) is 23.5 Å². The van der Waals surface area contributed by atoms with Gasteiger partial charge in [0.05, 0.1) is 11.6 Å². The molecule has 1 aromatic carbocycles. The number of thiazole rings is 1. The molecule has 0 fully saturated rings. The zero-order valence-corrected chi connectivity index (χ0v) is 11.3. The number of benzene rings is 1. The van der Waals surface area contributed by atoms with Crippen LogP contribution in [0.15, 0.2) is 40.1 Å². The van der Waals surface area contributed by atoms with Crippen LogP contribution in [0.5, 0.6) is 5.75 Å². The van der Waals surface area contributed by atoms with E-state index in [4.69, 9.17) is 4.74 Å². The molecular weight excluding hydrogens is 278 g/mol. The van der Waals surface area contributed by atoms with Gasteiger partial charge in [-0.15, -0.1) is 0 Å². The molecule has 0 atom stereocenters. The van der Waals surface area contributed by atoms with E-state index in [9.17, 15) is 9.59 Å². The third-order valence-electron chi connectivity index (χ3n) is 2.69. The van der Waals surface area contributed by atoms with Gasteiger partial charge in [0.15, 0.2) is 0 Å². The lowest BCUT2D eigenvalue weighted by Crippen LogP contribution is -2.25. The zero-order chi connectivity index (χ0) is 14.1. The number of hydrogen-bond donors (Lipinski definition) is 0. The molecule has 2 aromatic heterocycles. The molecular formula is C13H9N3O3S. The average Bonchev–Trinajstić information content (AvgIpc) is 2.75. The first-order valence-corrected chi connectivity index (χ1v) is 6.54. The lowest BCUT2D eigenvalue weighted by molar-refractivity contribution is 0.415. The highest BCUT2D eigenvalue weighted by Crippen LogP contribution is 2.11. The second kappa shape index (κ2) is 4.86. The summed E-state index contributed by atoms with van der Waals surface area (Å²) in [5, 5.41) is 3.77.